The number of allylic oxidation sites excluding steroid dienone is 1. The van der Waals surface area contributed by atoms with Crippen LogP contribution in [-0.4, -0.2) is 29.0 Å². The number of aliphatic hydroxyl groups is 2. The topological polar surface area (TPSA) is 79.9 Å². The molecule has 0 bridgehead atoms. The van der Waals surface area contributed by atoms with Gasteiger partial charge in [-0.3, -0.25) is 0 Å². The Morgan fingerprint density at radius 2 is 1.83 bits per heavy atom. The summed E-state index contributed by atoms with van der Waals surface area (Å²) in [5.41, 5.74) is 2.99. The van der Waals surface area contributed by atoms with Gasteiger partial charge in [0.25, 0.3) is 0 Å². The molecule has 0 radical (unpaired) electrons. The average molecular weight is 398 g/mol. The Kier molecular flexibility index (Phi) is 8.43. The van der Waals surface area contributed by atoms with Crippen LogP contribution in [0.15, 0.2) is 74.5 Å². The lowest BCUT2D eigenvalue weighted by atomic mass is 10.0. The Morgan fingerprint density at radius 3 is 2.55 bits per heavy atom. The van der Waals surface area contributed by atoms with Gasteiger partial charge in [0, 0.05) is 17.5 Å². The second-order valence-electron chi connectivity index (χ2n) is 7.53. The maximum absolute atomic E-state index is 11.3. The Labute approximate surface area is 171 Å². The van der Waals surface area contributed by atoms with Gasteiger partial charge in [-0.25, -0.2) is 4.79 Å². The first-order chi connectivity index (χ1) is 13.7. The van der Waals surface area contributed by atoms with Crippen LogP contribution < -0.4 is 10.4 Å². The molecule has 156 valence electrons. The predicted octanol–water partition coefficient (Wildman–Crippen LogP) is 4.53. The van der Waals surface area contributed by atoms with Crippen molar-refractivity contribution >= 4 is 11.0 Å². The van der Waals surface area contributed by atoms with E-state index in [9.17, 15) is 15.0 Å². The summed E-state index contributed by atoms with van der Waals surface area (Å²) >= 11 is 0. The van der Waals surface area contributed by atoms with Crippen LogP contribution >= 0.6 is 0 Å². The Balaban J connectivity index is 1.88. The molecule has 0 aliphatic carbocycles. The summed E-state index contributed by atoms with van der Waals surface area (Å²) in [5.74, 6) is 0.606. The lowest BCUT2D eigenvalue weighted by Crippen LogP contribution is -2.11. The van der Waals surface area contributed by atoms with E-state index in [0.717, 1.165) is 22.1 Å². The molecule has 2 unspecified atom stereocenters. The third-order valence-electron chi connectivity index (χ3n) is 4.54. The second kappa shape index (κ2) is 10.8. The fraction of sp³-hybridized carbons (Fsp3) is 0.375. The van der Waals surface area contributed by atoms with Crippen molar-refractivity contribution in [2.45, 2.75) is 52.7 Å². The molecular formula is C24H30O5. The Bertz CT molecular complexity index is 961. The predicted molar refractivity (Wildman–Crippen MR) is 116 cm³/mol. The van der Waals surface area contributed by atoms with Gasteiger partial charge in [0.1, 0.15) is 17.9 Å². The van der Waals surface area contributed by atoms with Gasteiger partial charge in [-0.15, -0.1) is 0 Å². The summed E-state index contributed by atoms with van der Waals surface area (Å²) in [4.78, 5) is 11.3. The zero-order valence-corrected chi connectivity index (χ0v) is 17.5. The van der Waals surface area contributed by atoms with Crippen LogP contribution in [-0.2, 0) is 0 Å². The van der Waals surface area contributed by atoms with E-state index in [-0.39, 0.29) is 0 Å². The summed E-state index contributed by atoms with van der Waals surface area (Å²) in [6.07, 6.45) is 5.34. The van der Waals surface area contributed by atoms with Gasteiger partial charge >= 0.3 is 5.63 Å². The maximum Gasteiger partial charge on any atom is 0.336 e. The number of benzene rings is 1. The number of fused-ring (bicyclic) bond motifs is 1. The number of rotatable bonds is 9. The molecule has 1 aromatic heterocycles. The molecule has 1 heterocycles. The lowest BCUT2D eigenvalue weighted by molar-refractivity contribution is 0.199. The van der Waals surface area contributed by atoms with Crippen molar-refractivity contribution in [3.63, 3.8) is 0 Å². The molecule has 2 atom stereocenters. The molecule has 29 heavy (non-hydrogen) atoms. The molecule has 2 rings (SSSR count). The normalized spacial score (nSPS) is 14.6. The summed E-state index contributed by atoms with van der Waals surface area (Å²) in [5, 5.41) is 21.2. The summed E-state index contributed by atoms with van der Waals surface area (Å²) in [6.45, 7) is 8.07. The average Bonchev–Trinajstić information content (AvgIpc) is 2.65. The van der Waals surface area contributed by atoms with Crippen molar-refractivity contribution in [3.05, 3.63) is 75.7 Å². The van der Waals surface area contributed by atoms with Crippen molar-refractivity contribution in [2.24, 2.45) is 0 Å². The van der Waals surface area contributed by atoms with Crippen molar-refractivity contribution in [1.82, 2.24) is 0 Å². The van der Waals surface area contributed by atoms with E-state index < -0.39 is 17.8 Å². The monoisotopic (exact) mass is 398 g/mol. The van der Waals surface area contributed by atoms with Gasteiger partial charge in [0.2, 0.25) is 0 Å². The number of aliphatic hydroxyl groups excluding tert-OH is 2. The van der Waals surface area contributed by atoms with Crippen LogP contribution in [0.4, 0.5) is 0 Å². The van der Waals surface area contributed by atoms with Crippen molar-refractivity contribution in [2.75, 3.05) is 6.61 Å². The third kappa shape index (κ3) is 7.72. The molecule has 0 saturated heterocycles. The van der Waals surface area contributed by atoms with Crippen molar-refractivity contribution < 1.29 is 19.4 Å². The SMILES string of the molecule is CC(C)=CCC(O)/C(C)=C\C(O)C/C(C)=C/COc1ccc2ccc(=O)oc2c1. The second-order valence-corrected chi connectivity index (χ2v) is 7.53. The molecular weight excluding hydrogens is 368 g/mol. The highest BCUT2D eigenvalue weighted by Crippen LogP contribution is 2.20. The molecule has 0 spiro atoms. The largest absolute Gasteiger partial charge is 0.489 e. The molecule has 0 fully saturated rings. The highest BCUT2D eigenvalue weighted by Gasteiger charge is 2.08. The quantitative estimate of drug-likeness (QED) is 0.479. The van der Waals surface area contributed by atoms with Crippen LogP contribution in [0.25, 0.3) is 11.0 Å². The minimum Gasteiger partial charge on any atom is -0.489 e. The van der Waals surface area contributed by atoms with Gasteiger partial charge in [-0.1, -0.05) is 23.3 Å². The summed E-state index contributed by atoms with van der Waals surface area (Å²) in [6, 6.07) is 8.44. The standard InChI is InChI=1S/C24H30O5/c1-16(2)5-9-22(26)18(4)14-20(25)13-17(3)11-12-28-21-8-6-19-7-10-24(27)29-23(19)15-21/h5-8,10-11,14-15,20,22,25-26H,9,12-13H2,1-4H3/b17-11+,18-14-. The van der Waals surface area contributed by atoms with Gasteiger partial charge in [0.05, 0.1) is 12.2 Å². The fourth-order valence-corrected chi connectivity index (χ4v) is 2.83. The fourth-order valence-electron chi connectivity index (χ4n) is 2.83. The highest BCUT2D eigenvalue weighted by atomic mass is 16.5. The first-order valence-electron chi connectivity index (χ1n) is 9.74. The maximum atomic E-state index is 11.3. The Morgan fingerprint density at radius 1 is 1.10 bits per heavy atom. The number of hydrogen-bond acceptors (Lipinski definition) is 5. The molecule has 0 amide bonds. The molecule has 0 aliphatic rings. The lowest BCUT2D eigenvalue weighted by Gasteiger charge is -2.13. The van der Waals surface area contributed by atoms with Crippen molar-refractivity contribution in [1.29, 1.82) is 0 Å². The number of hydrogen-bond donors (Lipinski definition) is 2. The van der Waals surface area contributed by atoms with E-state index in [1.807, 2.05) is 52.0 Å². The smallest absolute Gasteiger partial charge is 0.336 e. The van der Waals surface area contributed by atoms with E-state index in [4.69, 9.17) is 9.15 Å². The number of ether oxygens (including phenoxy) is 1. The van der Waals surface area contributed by atoms with E-state index in [1.54, 1.807) is 18.2 Å². The van der Waals surface area contributed by atoms with Crippen LogP contribution in [0, 0.1) is 0 Å². The van der Waals surface area contributed by atoms with Crippen LogP contribution in [0.3, 0.4) is 0 Å². The minimum atomic E-state index is -0.664. The van der Waals surface area contributed by atoms with Crippen LogP contribution in [0.5, 0.6) is 5.75 Å². The minimum absolute atomic E-state index is 0.340. The van der Waals surface area contributed by atoms with Gasteiger partial charge < -0.3 is 19.4 Å². The van der Waals surface area contributed by atoms with Crippen molar-refractivity contribution in [3.8, 4) is 5.75 Å². The highest BCUT2D eigenvalue weighted by molar-refractivity contribution is 5.77. The zero-order chi connectivity index (χ0) is 21.4. The van der Waals surface area contributed by atoms with Crippen LogP contribution in [0.1, 0.15) is 40.5 Å². The molecule has 0 aliphatic heterocycles. The van der Waals surface area contributed by atoms with Gasteiger partial charge in [-0.2, -0.15) is 0 Å². The van der Waals surface area contributed by atoms with Gasteiger partial charge in [0.15, 0.2) is 0 Å². The summed E-state index contributed by atoms with van der Waals surface area (Å²) < 4.78 is 10.9. The third-order valence-corrected chi connectivity index (χ3v) is 4.54. The molecule has 5 heteroatoms. The summed E-state index contributed by atoms with van der Waals surface area (Å²) in [7, 11) is 0. The molecule has 1 aromatic carbocycles. The van der Waals surface area contributed by atoms with E-state index in [2.05, 4.69) is 0 Å². The Hall–Kier alpha value is -2.63. The molecule has 5 nitrogen and oxygen atoms in total. The zero-order valence-electron chi connectivity index (χ0n) is 17.5. The molecule has 2 N–H and O–H groups in total. The van der Waals surface area contributed by atoms with Gasteiger partial charge in [-0.05, 0) is 70.4 Å². The molecule has 0 saturated carbocycles. The van der Waals surface area contributed by atoms with E-state index >= 15 is 0 Å². The first kappa shape index (κ1) is 22.7. The van der Waals surface area contributed by atoms with E-state index in [1.165, 1.54) is 6.07 Å². The molecule has 2 aromatic rings. The van der Waals surface area contributed by atoms with Crippen LogP contribution in [0.2, 0.25) is 0 Å². The first-order valence-corrected chi connectivity index (χ1v) is 9.74. The van der Waals surface area contributed by atoms with E-state index in [0.29, 0.717) is 30.8 Å².